The van der Waals surface area contributed by atoms with E-state index in [1.807, 2.05) is 0 Å². The quantitative estimate of drug-likeness (QED) is 0.630. The van der Waals surface area contributed by atoms with Crippen molar-refractivity contribution < 1.29 is 19.2 Å². The number of amides is 1. The molecule has 0 aliphatic rings. The molecule has 0 bridgehead atoms. The minimum absolute atomic E-state index is 0.0524. The zero-order valence-electron chi connectivity index (χ0n) is 12.9. The highest BCUT2D eigenvalue weighted by Gasteiger charge is 2.21. The smallest absolute Gasteiger partial charge is 0.410 e. The summed E-state index contributed by atoms with van der Waals surface area (Å²) in [6.07, 6.45) is -0.504. The Morgan fingerprint density at radius 2 is 2.00 bits per heavy atom. The molecule has 0 saturated heterocycles. The first kappa shape index (κ1) is 16.7. The maximum atomic E-state index is 11.9. The van der Waals surface area contributed by atoms with E-state index < -0.39 is 16.6 Å². The zero-order chi connectivity index (χ0) is 16.2. The molecule has 1 aromatic rings. The minimum atomic E-state index is -0.599. The first-order valence-electron chi connectivity index (χ1n) is 6.39. The van der Waals surface area contributed by atoms with Crippen LogP contribution >= 0.6 is 0 Å². The van der Waals surface area contributed by atoms with E-state index in [0.717, 1.165) is 0 Å². The van der Waals surface area contributed by atoms with E-state index in [-0.39, 0.29) is 12.2 Å². The highest BCUT2D eigenvalue weighted by atomic mass is 16.6. The fourth-order valence-corrected chi connectivity index (χ4v) is 1.66. The van der Waals surface area contributed by atoms with Crippen LogP contribution in [0.1, 0.15) is 26.3 Å². The van der Waals surface area contributed by atoms with Crippen LogP contribution in [0.3, 0.4) is 0 Å². The molecule has 0 unspecified atom stereocenters. The van der Waals surface area contributed by atoms with Crippen LogP contribution in [-0.2, 0) is 11.3 Å². The average Bonchev–Trinajstić information content (AvgIpc) is 2.36. The number of methoxy groups -OCH3 is 1. The van der Waals surface area contributed by atoms with Gasteiger partial charge in [0.15, 0.2) is 0 Å². The highest BCUT2D eigenvalue weighted by molar-refractivity contribution is 5.68. The molecule has 21 heavy (non-hydrogen) atoms. The molecule has 0 aliphatic heterocycles. The van der Waals surface area contributed by atoms with Crippen LogP contribution in [0, 0.1) is 10.1 Å². The summed E-state index contributed by atoms with van der Waals surface area (Å²) in [7, 11) is 3.03. The minimum Gasteiger partial charge on any atom is -0.496 e. The molecule has 1 rings (SSSR count). The number of hydrogen-bond donors (Lipinski definition) is 0. The number of carbonyl (C=O) groups is 1. The molecule has 0 fully saturated rings. The van der Waals surface area contributed by atoms with Gasteiger partial charge in [-0.2, -0.15) is 0 Å². The fourth-order valence-electron chi connectivity index (χ4n) is 1.66. The molecule has 1 amide bonds. The predicted octanol–water partition coefficient (Wildman–Crippen LogP) is 2.97. The van der Waals surface area contributed by atoms with Gasteiger partial charge in [-0.3, -0.25) is 10.1 Å². The van der Waals surface area contributed by atoms with E-state index >= 15 is 0 Å². The van der Waals surface area contributed by atoms with Gasteiger partial charge >= 0.3 is 6.09 Å². The van der Waals surface area contributed by atoms with Crippen molar-refractivity contribution >= 4 is 11.8 Å². The van der Waals surface area contributed by atoms with Crippen molar-refractivity contribution in [3.05, 3.63) is 33.9 Å². The number of nitrogens with zero attached hydrogens (tertiary/aromatic N) is 2. The van der Waals surface area contributed by atoms with Crippen molar-refractivity contribution in [2.75, 3.05) is 14.2 Å². The van der Waals surface area contributed by atoms with Gasteiger partial charge in [0.25, 0.3) is 5.69 Å². The maximum Gasteiger partial charge on any atom is 0.410 e. The van der Waals surface area contributed by atoms with Gasteiger partial charge in [-0.05, 0) is 26.8 Å². The lowest BCUT2D eigenvalue weighted by Gasteiger charge is -2.25. The Kier molecular flexibility index (Phi) is 5.12. The largest absolute Gasteiger partial charge is 0.496 e. The third kappa shape index (κ3) is 4.94. The predicted molar refractivity (Wildman–Crippen MR) is 77.3 cm³/mol. The Bertz CT molecular complexity index is 537. The summed E-state index contributed by atoms with van der Waals surface area (Å²) in [5.41, 5.74) is -0.110. The normalized spacial score (nSPS) is 10.9. The van der Waals surface area contributed by atoms with Gasteiger partial charge in [0, 0.05) is 24.7 Å². The first-order chi connectivity index (χ1) is 9.64. The molecule has 0 radical (unpaired) electrons. The molecule has 0 heterocycles. The lowest BCUT2D eigenvalue weighted by molar-refractivity contribution is -0.384. The highest BCUT2D eigenvalue weighted by Crippen LogP contribution is 2.25. The molecule has 0 saturated carbocycles. The Morgan fingerprint density at radius 3 is 2.48 bits per heavy atom. The average molecular weight is 296 g/mol. The summed E-state index contributed by atoms with van der Waals surface area (Å²) in [6, 6.07) is 4.26. The number of nitro groups is 1. The molecule has 7 nitrogen and oxygen atoms in total. The van der Waals surface area contributed by atoms with Crippen LogP contribution in [0.2, 0.25) is 0 Å². The molecule has 0 aromatic heterocycles. The van der Waals surface area contributed by atoms with Crippen LogP contribution < -0.4 is 4.74 Å². The standard InChI is InChI=1S/C14H20N2O5/c1-14(2,3)21-13(17)15(4)9-10-8-11(16(18)19)6-7-12(10)20-5/h6-8H,9H2,1-5H3. The van der Waals surface area contributed by atoms with Crippen molar-refractivity contribution in [2.45, 2.75) is 32.9 Å². The monoisotopic (exact) mass is 296 g/mol. The Balaban J connectivity index is 2.92. The SMILES string of the molecule is COc1ccc([N+](=O)[O-])cc1CN(C)C(=O)OC(C)(C)C. The molecule has 0 atom stereocenters. The van der Waals surface area contributed by atoms with Gasteiger partial charge in [0.1, 0.15) is 11.4 Å². The van der Waals surface area contributed by atoms with Crippen LogP contribution in [0.25, 0.3) is 0 Å². The molecule has 116 valence electrons. The lowest BCUT2D eigenvalue weighted by atomic mass is 10.1. The van der Waals surface area contributed by atoms with Crippen molar-refractivity contribution in [2.24, 2.45) is 0 Å². The molecule has 0 aliphatic carbocycles. The number of benzene rings is 1. The zero-order valence-corrected chi connectivity index (χ0v) is 12.9. The van der Waals surface area contributed by atoms with Crippen LogP contribution in [0.15, 0.2) is 18.2 Å². The van der Waals surface area contributed by atoms with Crippen LogP contribution in [0.4, 0.5) is 10.5 Å². The van der Waals surface area contributed by atoms with E-state index in [0.29, 0.717) is 11.3 Å². The second-order valence-corrected chi connectivity index (χ2v) is 5.59. The molecule has 1 aromatic carbocycles. The van der Waals surface area contributed by atoms with Gasteiger partial charge in [-0.15, -0.1) is 0 Å². The Hall–Kier alpha value is -2.31. The molecule has 7 heteroatoms. The molecule has 0 spiro atoms. The van der Waals surface area contributed by atoms with E-state index in [1.165, 1.54) is 30.2 Å². The number of ether oxygens (including phenoxy) is 2. The first-order valence-corrected chi connectivity index (χ1v) is 6.39. The second-order valence-electron chi connectivity index (χ2n) is 5.59. The van der Waals surface area contributed by atoms with Gasteiger partial charge in [0.05, 0.1) is 18.6 Å². The van der Waals surface area contributed by atoms with E-state index in [1.54, 1.807) is 27.8 Å². The Labute approximate surface area is 123 Å². The number of hydrogen-bond acceptors (Lipinski definition) is 5. The summed E-state index contributed by atoms with van der Waals surface area (Å²) in [4.78, 5) is 23.6. The van der Waals surface area contributed by atoms with E-state index in [2.05, 4.69) is 0 Å². The maximum absolute atomic E-state index is 11.9. The van der Waals surface area contributed by atoms with E-state index in [4.69, 9.17) is 9.47 Å². The third-order valence-electron chi connectivity index (χ3n) is 2.59. The van der Waals surface area contributed by atoms with Crippen molar-refractivity contribution in [1.29, 1.82) is 0 Å². The number of nitro benzene ring substituents is 1. The fraction of sp³-hybridized carbons (Fsp3) is 0.500. The molecule has 0 N–H and O–H groups in total. The second kappa shape index (κ2) is 6.43. The topological polar surface area (TPSA) is 81.9 Å². The van der Waals surface area contributed by atoms with Crippen molar-refractivity contribution in [3.8, 4) is 5.75 Å². The van der Waals surface area contributed by atoms with Gasteiger partial charge in [-0.25, -0.2) is 4.79 Å². The van der Waals surface area contributed by atoms with Gasteiger partial charge < -0.3 is 14.4 Å². The summed E-state index contributed by atoms with van der Waals surface area (Å²) >= 11 is 0. The number of rotatable bonds is 4. The number of carbonyl (C=O) groups excluding carboxylic acids is 1. The van der Waals surface area contributed by atoms with Crippen molar-refractivity contribution in [3.63, 3.8) is 0 Å². The van der Waals surface area contributed by atoms with Crippen LogP contribution in [0.5, 0.6) is 5.75 Å². The summed E-state index contributed by atoms with van der Waals surface area (Å²) in [5.74, 6) is 0.482. The summed E-state index contributed by atoms with van der Waals surface area (Å²) in [6.45, 7) is 5.46. The third-order valence-corrected chi connectivity index (χ3v) is 2.59. The van der Waals surface area contributed by atoms with Crippen LogP contribution in [-0.4, -0.2) is 35.7 Å². The lowest BCUT2D eigenvalue weighted by Crippen LogP contribution is -2.33. The van der Waals surface area contributed by atoms with Gasteiger partial charge in [-0.1, -0.05) is 0 Å². The Morgan fingerprint density at radius 1 is 1.38 bits per heavy atom. The van der Waals surface area contributed by atoms with E-state index in [9.17, 15) is 14.9 Å². The number of non-ortho nitro benzene ring substituents is 1. The summed E-state index contributed by atoms with van der Waals surface area (Å²) < 4.78 is 10.4. The molecular weight excluding hydrogens is 276 g/mol. The van der Waals surface area contributed by atoms with Gasteiger partial charge in [0.2, 0.25) is 0 Å². The summed E-state index contributed by atoms with van der Waals surface area (Å²) in [5, 5.41) is 10.8. The van der Waals surface area contributed by atoms with Crippen molar-refractivity contribution in [1.82, 2.24) is 4.90 Å². The molecular formula is C14H20N2O5.